The van der Waals surface area contributed by atoms with E-state index >= 15 is 0 Å². The fourth-order valence-electron chi connectivity index (χ4n) is 1.90. The zero-order valence-corrected chi connectivity index (χ0v) is 8.58. The van der Waals surface area contributed by atoms with Gasteiger partial charge < -0.3 is 9.47 Å². The van der Waals surface area contributed by atoms with Crippen molar-refractivity contribution in [1.82, 2.24) is 0 Å². The molecule has 2 aliphatic rings. The van der Waals surface area contributed by atoms with Gasteiger partial charge in [0.05, 0.1) is 5.92 Å². The van der Waals surface area contributed by atoms with E-state index in [0.29, 0.717) is 12.2 Å². The number of rotatable bonds is 3. The monoisotopic (exact) mass is 236 g/mol. The van der Waals surface area contributed by atoms with Crippen molar-refractivity contribution in [3.05, 3.63) is 11.6 Å². The molecule has 0 aromatic heterocycles. The van der Waals surface area contributed by atoms with Gasteiger partial charge in [-0.25, -0.2) is 4.79 Å². The second-order valence-electron chi connectivity index (χ2n) is 3.86. The van der Waals surface area contributed by atoms with Crippen LogP contribution in [-0.4, -0.2) is 25.0 Å². The number of carbonyl (C=O) groups is 1. The molecule has 1 aliphatic carbocycles. The van der Waals surface area contributed by atoms with Crippen LogP contribution in [0, 0.1) is 11.8 Å². The smallest absolute Gasteiger partial charge is 0.392 e. The predicted molar refractivity (Wildman–Crippen MR) is 47.2 cm³/mol. The summed E-state index contributed by atoms with van der Waals surface area (Å²) in [5.41, 5.74) is 0.328. The molecule has 0 bridgehead atoms. The van der Waals surface area contributed by atoms with Gasteiger partial charge in [0.25, 0.3) is 0 Å². The van der Waals surface area contributed by atoms with E-state index in [2.05, 4.69) is 0 Å². The number of cyclic esters (lactones) is 1. The third kappa shape index (κ3) is 2.07. The van der Waals surface area contributed by atoms with Gasteiger partial charge >= 0.3 is 12.1 Å². The number of halogens is 3. The number of hydrogen-bond acceptors (Lipinski definition) is 3. The molecule has 0 spiro atoms. The third-order valence-electron chi connectivity index (χ3n) is 2.74. The van der Waals surface area contributed by atoms with Gasteiger partial charge in [-0.1, -0.05) is 0 Å². The topological polar surface area (TPSA) is 35.5 Å². The van der Waals surface area contributed by atoms with Gasteiger partial charge in [0, 0.05) is 18.3 Å². The first-order valence-corrected chi connectivity index (χ1v) is 5.04. The largest absolute Gasteiger partial charge is 0.428 e. The molecule has 1 heterocycles. The summed E-state index contributed by atoms with van der Waals surface area (Å²) in [6, 6.07) is 0. The van der Waals surface area contributed by atoms with Gasteiger partial charge in [0.15, 0.2) is 0 Å². The lowest BCUT2D eigenvalue weighted by Crippen LogP contribution is -2.19. The minimum Gasteiger partial charge on any atom is -0.428 e. The Labute approximate surface area is 90.2 Å². The summed E-state index contributed by atoms with van der Waals surface area (Å²) < 4.78 is 46.9. The van der Waals surface area contributed by atoms with Crippen LogP contribution < -0.4 is 0 Å². The Morgan fingerprint density at radius 3 is 2.75 bits per heavy atom. The van der Waals surface area contributed by atoms with Gasteiger partial charge in [-0.15, -0.1) is 0 Å². The summed E-state index contributed by atoms with van der Waals surface area (Å²) in [4.78, 5) is 11.0. The van der Waals surface area contributed by atoms with Crippen LogP contribution in [0.4, 0.5) is 13.2 Å². The minimum atomic E-state index is -4.20. The molecule has 1 fully saturated rings. The van der Waals surface area contributed by atoms with Crippen molar-refractivity contribution in [1.29, 1.82) is 0 Å². The summed E-state index contributed by atoms with van der Waals surface area (Å²) in [7, 11) is 0. The van der Waals surface area contributed by atoms with Crippen molar-refractivity contribution in [3.63, 3.8) is 0 Å². The first kappa shape index (κ1) is 11.4. The summed E-state index contributed by atoms with van der Waals surface area (Å²) >= 11 is 0. The lowest BCUT2D eigenvalue weighted by molar-refractivity contribution is -0.160. The molecular formula is C10H11F3O3. The first-order valence-electron chi connectivity index (χ1n) is 5.04. The van der Waals surface area contributed by atoms with Crippen LogP contribution in [0.3, 0.4) is 0 Å². The van der Waals surface area contributed by atoms with Crippen LogP contribution in [0.5, 0.6) is 0 Å². The van der Waals surface area contributed by atoms with Gasteiger partial charge in [-0.2, -0.15) is 13.2 Å². The molecule has 3 atom stereocenters. The normalized spacial score (nSPS) is 33.6. The SMILES string of the molecule is CCO[C@@H]1OC(=O)C=C1[C@@H]1C[C@H]1C(F)(F)F. The van der Waals surface area contributed by atoms with Crippen LogP contribution in [0.1, 0.15) is 13.3 Å². The second-order valence-corrected chi connectivity index (χ2v) is 3.86. The van der Waals surface area contributed by atoms with E-state index in [1.54, 1.807) is 6.92 Å². The summed E-state index contributed by atoms with van der Waals surface area (Å²) in [6.07, 6.45) is -3.98. The minimum absolute atomic E-state index is 0.0234. The maximum atomic E-state index is 12.4. The maximum Gasteiger partial charge on any atom is 0.392 e. The molecule has 0 unspecified atom stereocenters. The second kappa shape index (κ2) is 3.76. The standard InChI is InChI=1S/C10H11F3O3/c1-2-15-9-6(4-8(14)16-9)5-3-7(5)10(11,12)13/h4-5,7,9H,2-3H2,1H3/t5-,7+,9+/m0/s1. The maximum absolute atomic E-state index is 12.4. The molecule has 1 saturated carbocycles. The van der Waals surface area contributed by atoms with Crippen LogP contribution in [0.2, 0.25) is 0 Å². The van der Waals surface area contributed by atoms with Crippen molar-refractivity contribution >= 4 is 5.97 Å². The molecule has 0 radical (unpaired) electrons. The quantitative estimate of drug-likeness (QED) is 0.703. The Bertz CT molecular complexity index is 335. The lowest BCUT2D eigenvalue weighted by Gasteiger charge is -2.14. The van der Waals surface area contributed by atoms with Crippen LogP contribution in [-0.2, 0) is 14.3 Å². The highest BCUT2D eigenvalue weighted by molar-refractivity contribution is 5.86. The molecular weight excluding hydrogens is 225 g/mol. The Balaban J connectivity index is 2.05. The summed E-state index contributed by atoms with van der Waals surface area (Å²) in [5, 5.41) is 0. The Hall–Kier alpha value is -1.04. The van der Waals surface area contributed by atoms with Crippen molar-refractivity contribution in [2.45, 2.75) is 25.8 Å². The highest BCUT2D eigenvalue weighted by atomic mass is 19.4. The number of carbonyl (C=O) groups excluding carboxylic acids is 1. The Morgan fingerprint density at radius 1 is 1.56 bits per heavy atom. The van der Waals surface area contributed by atoms with Gasteiger partial charge in [0.2, 0.25) is 6.29 Å². The van der Waals surface area contributed by atoms with E-state index in [-0.39, 0.29) is 6.42 Å². The van der Waals surface area contributed by atoms with E-state index in [4.69, 9.17) is 9.47 Å². The fraction of sp³-hybridized carbons (Fsp3) is 0.700. The molecule has 0 N–H and O–H groups in total. The van der Waals surface area contributed by atoms with Crippen LogP contribution in [0.15, 0.2) is 11.6 Å². The third-order valence-corrected chi connectivity index (χ3v) is 2.74. The fourth-order valence-corrected chi connectivity index (χ4v) is 1.90. The van der Waals surface area contributed by atoms with Crippen molar-refractivity contribution in [2.75, 3.05) is 6.61 Å². The van der Waals surface area contributed by atoms with Gasteiger partial charge in [0.1, 0.15) is 0 Å². The number of hydrogen-bond donors (Lipinski definition) is 0. The van der Waals surface area contributed by atoms with Crippen LogP contribution >= 0.6 is 0 Å². The van der Waals surface area contributed by atoms with Crippen molar-refractivity contribution < 1.29 is 27.4 Å². The number of ether oxygens (including phenoxy) is 2. The highest BCUT2D eigenvalue weighted by Crippen LogP contribution is 2.55. The molecule has 0 amide bonds. The summed E-state index contributed by atoms with van der Waals surface area (Å²) in [5.74, 6) is -2.62. The average molecular weight is 236 g/mol. The first-order chi connectivity index (χ1) is 7.43. The molecule has 16 heavy (non-hydrogen) atoms. The van der Waals surface area contributed by atoms with E-state index < -0.39 is 30.3 Å². The Morgan fingerprint density at radius 2 is 2.25 bits per heavy atom. The average Bonchev–Trinajstić information content (AvgIpc) is 2.86. The highest BCUT2D eigenvalue weighted by Gasteiger charge is 2.59. The zero-order valence-electron chi connectivity index (χ0n) is 8.58. The Kier molecular flexibility index (Phi) is 2.69. The molecule has 90 valence electrons. The molecule has 0 saturated heterocycles. The van der Waals surface area contributed by atoms with E-state index in [9.17, 15) is 18.0 Å². The van der Waals surface area contributed by atoms with Crippen molar-refractivity contribution in [3.8, 4) is 0 Å². The molecule has 0 aromatic carbocycles. The number of alkyl halides is 3. The zero-order chi connectivity index (χ0) is 11.9. The van der Waals surface area contributed by atoms with Crippen LogP contribution in [0.25, 0.3) is 0 Å². The molecule has 6 heteroatoms. The predicted octanol–water partition coefficient (Wildman–Crippen LogP) is 2.03. The van der Waals surface area contributed by atoms with E-state index in [1.165, 1.54) is 0 Å². The summed E-state index contributed by atoms with van der Waals surface area (Å²) in [6.45, 7) is 1.98. The van der Waals surface area contributed by atoms with Crippen molar-refractivity contribution in [2.24, 2.45) is 11.8 Å². The molecule has 2 rings (SSSR count). The molecule has 0 aromatic rings. The number of esters is 1. The van der Waals surface area contributed by atoms with Gasteiger partial charge in [-0.05, 0) is 19.3 Å². The molecule has 3 nitrogen and oxygen atoms in total. The van der Waals surface area contributed by atoms with E-state index in [1.807, 2.05) is 0 Å². The van der Waals surface area contributed by atoms with Gasteiger partial charge in [-0.3, -0.25) is 0 Å². The lowest BCUT2D eigenvalue weighted by atomic mass is 10.1. The van der Waals surface area contributed by atoms with E-state index in [0.717, 1.165) is 6.08 Å². The molecule has 1 aliphatic heterocycles.